The van der Waals surface area contributed by atoms with Crippen molar-refractivity contribution in [2.45, 2.75) is 29.9 Å². The van der Waals surface area contributed by atoms with Gasteiger partial charge in [-0.15, -0.1) is 23.1 Å². The van der Waals surface area contributed by atoms with Gasteiger partial charge in [-0.2, -0.15) is 0 Å². The molecule has 0 saturated carbocycles. The van der Waals surface area contributed by atoms with Crippen molar-refractivity contribution < 1.29 is 19.5 Å². The fourth-order valence-electron chi connectivity index (χ4n) is 2.67. The third kappa shape index (κ3) is 7.46. The van der Waals surface area contributed by atoms with Crippen LogP contribution in [0.1, 0.15) is 19.8 Å². The molecule has 0 fully saturated rings. The maximum atomic E-state index is 12.6. The van der Waals surface area contributed by atoms with Crippen LogP contribution in [0.3, 0.4) is 0 Å². The first kappa shape index (κ1) is 25.0. The number of anilines is 2. The zero-order valence-corrected chi connectivity index (χ0v) is 20.4. The van der Waals surface area contributed by atoms with Crippen LogP contribution in [-0.2, 0) is 14.4 Å². The van der Waals surface area contributed by atoms with Crippen LogP contribution in [0, 0.1) is 0 Å². The lowest BCUT2D eigenvalue weighted by atomic mass is 10.2. The summed E-state index contributed by atoms with van der Waals surface area (Å²) < 4.78 is 0. The minimum Gasteiger partial charge on any atom is -0.481 e. The Morgan fingerprint density at radius 3 is 2.61 bits per heavy atom. The van der Waals surface area contributed by atoms with Crippen LogP contribution in [0.4, 0.5) is 10.8 Å². The predicted molar refractivity (Wildman–Crippen MR) is 133 cm³/mol. The van der Waals surface area contributed by atoms with Crippen molar-refractivity contribution >= 4 is 74.9 Å². The summed E-state index contributed by atoms with van der Waals surface area (Å²) in [6.07, 6.45) is -0.343. The van der Waals surface area contributed by atoms with Gasteiger partial charge in [0.05, 0.1) is 27.4 Å². The molecule has 3 rings (SSSR count). The summed E-state index contributed by atoms with van der Waals surface area (Å²) in [5.41, 5.74) is 2.01. The molecular weight excluding hydrogens is 505 g/mol. The molecule has 0 spiro atoms. The summed E-state index contributed by atoms with van der Waals surface area (Å²) >= 11 is 14.6. The molecule has 0 saturated heterocycles. The van der Waals surface area contributed by atoms with Crippen LogP contribution in [0.2, 0.25) is 10.0 Å². The third-order valence-corrected chi connectivity index (χ3v) is 6.91. The summed E-state index contributed by atoms with van der Waals surface area (Å²) in [6.45, 7) is 1.77. The molecule has 0 aliphatic heterocycles. The second-order valence-electron chi connectivity index (χ2n) is 6.89. The van der Waals surface area contributed by atoms with Gasteiger partial charge in [-0.3, -0.25) is 14.4 Å². The first-order valence-corrected chi connectivity index (χ1v) is 12.2. The highest BCUT2D eigenvalue weighted by atomic mass is 35.5. The van der Waals surface area contributed by atoms with E-state index >= 15 is 0 Å². The number of hydrogen-bond donors (Lipinski definition) is 3. The molecule has 7 nitrogen and oxygen atoms in total. The fourth-order valence-corrected chi connectivity index (χ4v) is 4.62. The van der Waals surface area contributed by atoms with Gasteiger partial charge in [-0.1, -0.05) is 35.3 Å². The molecule has 1 unspecified atom stereocenters. The average Bonchev–Trinajstić information content (AvgIpc) is 3.23. The number of carbonyl (C=O) groups excluding carboxylic acids is 2. The van der Waals surface area contributed by atoms with E-state index in [9.17, 15) is 14.4 Å². The van der Waals surface area contributed by atoms with E-state index in [2.05, 4.69) is 15.6 Å². The number of carboxylic acids is 1. The normalized spacial score (nSPS) is 11.6. The zero-order chi connectivity index (χ0) is 24.0. The van der Waals surface area contributed by atoms with Gasteiger partial charge < -0.3 is 15.7 Å². The van der Waals surface area contributed by atoms with Crippen LogP contribution >= 0.6 is 46.3 Å². The molecule has 2 amide bonds. The van der Waals surface area contributed by atoms with Crippen molar-refractivity contribution in [2.24, 2.45) is 0 Å². The van der Waals surface area contributed by atoms with E-state index in [-0.39, 0.29) is 24.7 Å². The van der Waals surface area contributed by atoms with Gasteiger partial charge in [-0.05, 0) is 37.3 Å². The number of hydrogen-bond acceptors (Lipinski definition) is 6. The molecule has 172 valence electrons. The monoisotopic (exact) mass is 523 g/mol. The van der Waals surface area contributed by atoms with Crippen LogP contribution in [0.25, 0.3) is 11.3 Å². The van der Waals surface area contributed by atoms with E-state index in [0.717, 1.165) is 10.5 Å². The molecule has 1 heterocycles. The third-order valence-electron chi connectivity index (χ3n) is 4.32. The Morgan fingerprint density at radius 1 is 1.09 bits per heavy atom. The molecule has 3 aromatic rings. The number of carbonyl (C=O) groups is 3. The maximum absolute atomic E-state index is 12.6. The summed E-state index contributed by atoms with van der Waals surface area (Å²) in [5, 5.41) is 16.9. The fraction of sp³-hybridized carbons (Fsp3) is 0.182. The van der Waals surface area contributed by atoms with Crippen molar-refractivity contribution in [3.8, 4) is 11.3 Å². The molecule has 1 aromatic heterocycles. The van der Waals surface area contributed by atoms with Crippen LogP contribution < -0.4 is 10.6 Å². The van der Waals surface area contributed by atoms with Crippen molar-refractivity contribution in [2.75, 3.05) is 10.6 Å². The number of amides is 2. The standard InChI is InChI=1S/C22H19Cl2N3O4S2/c1-12(33-15-4-2-3-14(10-15)25-19(28)7-8-20(29)30)21(31)27-22-26-18(11-32-22)13-5-6-16(23)17(24)9-13/h2-6,9-12H,7-8H2,1H3,(H,25,28)(H,29,30)(H,26,27,31). The number of aromatic nitrogens is 1. The van der Waals surface area contributed by atoms with Gasteiger partial charge in [0, 0.05) is 27.9 Å². The second kappa shape index (κ2) is 11.5. The predicted octanol–water partition coefficient (Wildman–Crippen LogP) is 6.04. The van der Waals surface area contributed by atoms with Crippen molar-refractivity contribution in [3.05, 3.63) is 57.9 Å². The number of aliphatic carboxylic acids is 1. The van der Waals surface area contributed by atoms with E-state index in [0.29, 0.717) is 26.6 Å². The number of nitrogens with one attached hydrogen (secondary N) is 2. The molecule has 0 bridgehead atoms. The van der Waals surface area contributed by atoms with Gasteiger partial charge in [0.2, 0.25) is 11.8 Å². The van der Waals surface area contributed by atoms with Gasteiger partial charge in [0.1, 0.15) is 0 Å². The summed E-state index contributed by atoms with van der Waals surface area (Å²) in [4.78, 5) is 40.3. The highest BCUT2D eigenvalue weighted by Gasteiger charge is 2.17. The summed E-state index contributed by atoms with van der Waals surface area (Å²) in [5.74, 6) is -1.63. The molecule has 3 N–H and O–H groups in total. The van der Waals surface area contributed by atoms with E-state index in [1.807, 2.05) is 11.4 Å². The van der Waals surface area contributed by atoms with Crippen LogP contribution in [0.5, 0.6) is 0 Å². The van der Waals surface area contributed by atoms with Crippen molar-refractivity contribution in [1.29, 1.82) is 0 Å². The smallest absolute Gasteiger partial charge is 0.303 e. The largest absolute Gasteiger partial charge is 0.481 e. The number of nitrogens with zero attached hydrogens (tertiary/aromatic N) is 1. The lowest BCUT2D eigenvalue weighted by molar-refractivity contribution is -0.138. The van der Waals surface area contributed by atoms with Gasteiger partial charge in [-0.25, -0.2) is 4.98 Å². The molecule has 2 aromatic carbocycles. The van der Waals surface area contributed by atoms with E-state index in [4.69, 9.17) is 28.3 Å². The molecule has 0 radical (unpaired) electrons. The average molecular weight is 524 g/mol. The minimum atomic E-state index is -1.03. The number of benzene rings is 2. The molecule has 1 atom stereocenters. The Morgan fingerprint density at radius 2 is 1.88 bits per heavy atom. The number of carboxylic acid groups (broad SMARTS) is 1. The lowest BCUT2D eigenvalue weighted by Crippen LogP contribution is -2.22. The first-order valence-electron chi connectivity index (χ1n) is 9.71. The number of halogens is 2. The van der Waals surface area contributed by atoms with Gasteiger partial charge >= 0.3 is 5.97 Å². The summed E-state index contributed by atoms with van der Waals surface area (Å²) in [6, 6.07) is 12.2. The Balaban J connectivity index is 1.58. The van der Waals surface area contributed by atoms with E-state index in [1.165, 1.54) is 23.1 Å². The maximum Gasteiger partial charge on any atom is 0.303 e. The Kier molecular flexibility index (Phi) is 8.74. The molecular formula is C22H19Cl2N3O4S2. The number of rotatable bonds is 9. The molecule has 33 heavy (non-hydrogen) atoms. The van der Waals surface area contributed by atoms with Gasteiger partial charge in [0.25, 0.3) is 0 Å². The Hall–Kier alpha value is -2.59. The summed E-state index contributed by atoms with van der Waals surface area (Å²) in [7, 11) is 0. The van der Waals surface area contributed by atoms with Crippen molar-refractivity contribution in [1.82, 2.24) is 4.98 Å². The van der Waals surface area contributed by atoms with Crippen LogP contribution in [-0.4, -0.2) is 33.1 Å². The molecule has 11 heteroatoms. The Bertz CT molecular complexity index is 1190. The quantitative estimate of drug-likeness (QED) is 0.295. The van der Waals surface area contributed by atoms with Crippen LogP contribution in [0.15, 0.2) is 52.7 Å². The Labute approximate surface area is 208 Å². The topological polar surface area (TPSA) is 108 Å². The van der Waals surface area contributed by atoms with Crippen molar-refractivity contribution in [3.63, 3.8) is 0 Å². The van der Waals surface area contributed by atoms with E-state index in [1.54, 1.807) is 43.3 Å². The molecule has 0 aliphatic rings. The molecule has 0 aliphatic carbocycles. The SMILES string of the molecule is CC(Sc1cccc(NC(=O)CCC(=O)O)c1)C(=O)Nc1nc(-c2ccc(Cl)c(Cl)c2)cs1. The highest BCUT2D eigenvalue weighted by Crippen LogP contribution is 2.31. The number of thiazole rings is 1. The number of thioether (sulfide) groups is 1. The zero-order valence-electron chi connectivity index (χ0n) is 17.3. The first-order chi connectivity index (χ1) is 15.7. The van der Waals surface area contributed by atoms with Gasteiger partial charge in [0.15, 0.2) is 5.13 Å². The minimum absolute atomic E-state index is 0.108. The highest BCUT2D eigenvalue weighted by molar-refractivity contribution is 8.00. The lowest BCUT2D eigenvalue weighted by Gasteiger charge is -2.12. The second-order valence-corrected chi connectivity index (χ2v) is 9.97. The van der Waals surface area contributed by atoms with E-state index < -0.39 is 11.2 Å².